The van der Waals surface area contributed by atoms with Crippen LogP contribution in [0.25, 0.3) is 10.9 Å². The summed E-state index contributed by atoms with van der Waals surface area (Å²) in [6.45, 7) is 0.144. The highest BCUT2D eigenvalue weighted by atomic mass is 16.5. The van der Waals surface area contributed by atoms with Crippen molar-refractivity contribution in [3.8, 4) is 5.75 Å². The average molecular weight is 395 g/mol. The first-order chi connectivity index (χ1) is 14.0. The van der Waals surface area contributed by atoms with Gasteiger partial charge >= 0.3 is 5.97 Å². The van der Waals surface area contributed by atoms with E-state index in [1.807, 2.05) is 0 Å². The molecule has 1 aromatic heterocycles. The number of aromatic nitrogens is 2. The number of para-hydroxylation sites is 1. The van der Waals surface area contributed by atoms with Crippen molar-refractivity contribution in [2.45, 2.75) is 25.4 Å². The molecule has 0 fully saturated rings. The molecule has 0 aliphatic carbocycles. The summed E-state index contributed by atoms with van der Waals surface area (Å²) in [5, 5.41) is 12.4. The first kappa shape index (κ1) is 20.1. The topological polar surface area (TPSA) is 111 Å². The van der Waals surface area contributed by atoms with E-state index in [1.54, 1.807) is 48.5 Å². The maximum Gasteiger partial charge on any atom is 0.305 e. The number of carbonyl (C=O) groups is 2. The van der Waals surface area contributed by atoms with Crippen LogP contribution >= 0.6 is 0 Å². The fourth-order valence-corrected chi connectivity index (χ4v) is 3.02. The van der Waals surface area contributed by atoms with Gasteiger partial charge in [-0.15, -0.1) is 0 Å². The molecule has 29 heavy (non-hydrogen) atoms. The number of carboxylic acid groups (broad SMARTS) is 1. The monoisotopic (exact) mass is 395 g/mol. The Balaban J connectivity index is 1.69. The molecule has 1 heterocycles. The smallest absolute Gasteiger partial charge is 0.305 e. The Bertz CT molecular complexity index is 1080. The van der Waals surface area contributed by atoms with Gasteiger partial charge in [0, 0.05) is 13.0 Å². The molecular weight excluding hydrogens is 374 g/mol. The maximum absolute atomic E-state index is 12.5. The lowest BCUT2D eigenvalue weighted by Crippen LogP contribution is -2.32. The number of benzene rings is 2. The summed E-state index contributed by atoms with van der Waals surface area (Å²) < 4.78 is 6.47. The van der Waals surface area contributed by atoms with Crippen molar-refractivity contribution in [1.82, 2.24) is 14.9 Å². The number of ether oxygens (including phenoxy) is 1. The van der Waals surface area contributed by atoms with Crippen molar-refractivity contribution in [2.24, 2.45) is 0 Å². The molecule has 0 aliphatic rings. The van der Waals surface area contributed by atoms with Crippen LogP contribution in [0.3, 0.4) is 0 Å². The lowest BCUT2D eigenvalue weighted by atomic mass is 10.0. The zero-order valence-corrected chi connectivity index (χ0v) is 15.9. The molecule has 150 valence electrons. The van der Waals surface area contributed by atoms with Gasteiger partial charge in [0.05, 0.1) is 36.8 Å². The minimum atomic E-state index is -1.03. The predicted molar refractivity (Wildman–Crippen MR) is 107 cm³/mol. The van der Waals surface area contributed by atoms with Gasteiger partial charge in [0.1, 0.15) is 5.75 Å². The van der Waals surface area contributed by atoms with Gasteiger partial charge in [0.25, 0.3) is 5.56 Å². The molecule has 8 nitrogen and oxygen atoms in total. The van der Waals surface area contributed by atoms with Crippen molar-refractivity contribution in [2.75, 3.05) is 7.11 Å². The number of hydrogen-bond donors (Lipinski definition) is 2. The van der Waals surface area contributed by atoms with Crippen LogP contribution in [0.4, 0.5) is 0 Å². The number of carbonyl (C=O) groups excluding carboxylic acids is 1. The van der Waals surface area contributed by atoms with E-state index in [9.17, 15) is 19.5 Å². The number of rotatable bonds is 8. The van der Waals surface area contributed by atoms with Crippen molar-refractivity contribution in [3.05, 3.63) is 70.8 Å². The second-order valence-electron chi connectivity index (χ2n) is 6.50. The van der Waals surface area contributed by atoms with Crippen LogP contribution in [0.5, 0.6) is 5.75 Å². The van der Waals surface area contributed by atoms with Crippen molar-refractivity contribution < 1.29 is 19.4 Å². The van der Waals surface area contributed by atoms with E-state index in [1.165, 1.54) is 18.0 Å². The second kappa shape index (κ2) is 9.01. The Hall–Kier alpha value is -3.68. The minimum Gasteiger partial charge on any atom is -0.497 e. The molecule has 1 unspecified atom stereocenters. The molecule has 8 heteroatoms. The Kier molecular flexibility index (Phi) is 6.23. The summed E-state index contributed by atoms with van der Waals surface area (Å²) in [6.07, 6.45) is 1.18. The highest BCUT2D eigenvalue weighted by Gasteiger charge is 2.18. The van der Waals surface area contributed by atoms with Gasteiger partial charge in [-0.25, -0.2) is 4.98 Å². The quantitative estimate of drug-likeness (QED) is 0.605. The number of methoxy groups -OCH3 is 1. The van der Waals surface area contributed by atoms with Gasteiger partial charge in [0.2, 0.25) is 5.91 Å². The van der Waals surface area contributed by atoms with Crippen LogP contribution in [0.2, 0.25) is 0 Å². The number of hydrogen-bond acceptors (Lipinski definition) is 5. The Morgan fingerprint density at radius 1 is 1.17 bits per heavy atom. The number of amides is 1. The fraction of sp³-hybridized carbons (Fsp3) is 0.238. The van der Waals surface area contributed by atoms with Crippen molar-refractivity contribution in [1.29, 1.82) is 0 Å². The van der Waals surface area contributed by atoms with E-state index in [-0.39, 0.29) is 30.9 Å². The molecular formula is C21H21N3O5. The van der Waals surface area contributed by atoms with E-state index >= 15 is 0 Å². The highest BCUT2D eigenvalue weighted by molar-refractivity contribution is 5.78. The molecule has 1 atom stereocenters. The summed E-state index contributed by atoms with van der Waals surface area (Å²) in [4.78, 5) is 40.3. The third kappa shape index (κ3) is 4.98. The third-order valence-corrected chi connectivity index (χ3v) is 4.54. The van der Waals surface area contributed by atoms with E-state index in [0.29, 0.717) is 22.2 Å². The van der Waals surface area contributed by atoms with E-state index in [0.717, 1.165) is 0 Å². The predicted octanol–water partition coefficient (Wildman–Crippen LogP) is 2.13. The number of carboxylic acids is 1. The van der Waals surface area contributed by atoms with E-state index in [4.69, 9.17) is 4.74 Å². The molecule has 3 rings (SSSR count). The van der Waals surface area contributed by atoms with Gasteiger partial charge < -0.3 is 15.2 Å². The Labute approximate surface area is 166 Å². The molecule has 0 spiro atoms. The van der Waals surface area contributed by atoms with Crippen LogP contribution < -0.4 is 15.6 Å². The molecule has 0 radical (unpaired) electrons. The normalized spacial score (nSPS) is 11.8. The summed E-state index contributed by atoms with van der Waals surface area (Å²) >= 11 is 0. The van der Waals surface area contributed by atoms with Crippen LogP contribution in [-0.2, 0) is 16.1 Å². The molecule has 0 bridgehead atoms. The lowest BCUT2D eigenvalue weighted by Gasteiger charge is -2.18. The van der Waals surface area contributed by atoms with Gasteiger partial charge in [0.15, 0.2) is 0 Å². The minimum absolute atomic E-state index is 0.0200. The Morgan fingerprint density at radius 3 is 2.59 bits per heavy atom. The maximum atomic E-state index is 12.5. The number of fused-ring (bicyclic) bond motifs is 1. The first-order valence-corrected chi connectivity index (χ1v) is 9.07. The SMILES string of the molecule is COc1ccc(C(CC(=O)O)NC(=O)CCn2cnc3ccccc3c2=O)cc1. The van der Waals surface area contributed by atoms with Crippen LogP contribution in [-0.4, -0.2) is 33.6 Å². The highest BCUT2D eigenvalue weighted by Crippen LogP contribution is 2.20. The van der Waals surface area contributed by atoms with Gasteiger partial charge in [-0.3, -0.25) is 19.0 Å². The van der Waals surface area contributed by atoms with Crippen LogP contribution in [0.15, 0.2) is 59.7 Å². The van der Waals surface area contributed by atoms with Crippen molar-refractivity contribution in [3.63, 3.8) is 0 Å². The standard InChI is InChI=1S/C21H21N3O5/c1-29-15-8-6-14(7-9-15)18(12-20(26)27)23-19(25)10-11-24-13-22-17-5-3-2-4-16(17)21(24)28/h2-9,13,18H,10-12H2,1H3,(H,23,25)(H,26,27). The van der Waals surface area contributed by atoms with E-state index < -0.39 is 12.0 Å². The third-order valence-electron chi connectivity index (χ3n) is 4.54. The molecule has 1 amide bonds. The molecule has 3 aromatic rings. The number of nitrogens with one attached hydrogen (secondary N) is 1. The Morgan fingerprint density at radius 2 is 1.90 bits per heavy atom. The van der Waals surface area contributed by atoms with Crippen LogP contribution in [0.1, 0.15) is 24.4 Å². The van der Waals surface area contributed by atoms with Gasteiger partial charge in [-0.2, -0.15) is 0 Å². The van der Waals surface area contributed by atoms with Crippen molar-refractivity contribution >= 4 is 22.8 Å². The van der Waals surface area contributed by atoms with Crippen LogP contribution in [0, 0.1) is 0 Å². The zero-order valence-electron chi connectivity index (χ0n) is 15.9. The summed E-state index contributed by atoms with van der Waals surface area (Å²) in [6, 6.07) is 13.1. The molecule has 2 aromatic carbocycles. The number of aryl methyl sites for hydroxylation is 1. The molecule has 0 aliphatic heterocycles. The first-order valence-electron chi connectivity index (χ1n) is 9.07. The number of nitrogens with zero attached hydrogens (tertiary/aromatic N) is 2. The molecule has 0 saturated heterocycles. The largest absolute Gasteiger partial charge is 0.497 e. The summed E-state index contributed by atoms with van der Waals surface area (Å²) in [5.41, 5.74) is 1.03. The summed E-state index contributed by atoms with van der Waals surface area (Å²) in [7, 11) is 1.54. The lowest BCUT2D eigenvalue weighted by molar-refractivity contribution is -0.137. The molecule has 0 saturated carbocycles. The fourth-order valence-electron chi connectivity index (χ4n) is 3.02. The van der Waals surface area contributed by atoms with Gasteiger partial charge in [-0.1, -0.05) is 24.3 Å². The summed E-state index contributed by atoms with van der Waals surface area (Å²) in [5.74, 6) is -0.745. The number of aliphatic carboxylic acids is 1. The van der Waals surface area contributed by atoms with Gasteiger partial charge in [-0.05, 0) is 29.8 Å². The average Bonchev–Trinajstić information content (AvgIpc) is 2.73. The molecule has 2 N–H and O–H groups in total. The van der Waals surface area contributed by atoms with E-state index in [2.05, 4.69) is 10.3 Å². The zero-order chi connectivity index (χ0) is 20.8. The second-order valence-corrected chi connectivity index (χ2v) is 6.50.